The number of nitrogens with two attached hydrogens (primary N) is 1. The van der Waals surface area contributed by atoms with E-state index in [4.69, 9.17) is 0 Å². The van der Waals surface area contributed by atoms with Crippen LogP contribution in [0.5, 0.6) is 0 Å². The van der Waals surface area contributed by atoms with Crippen molar-refractivity contribution in [1.82, 2.24) is 0 Å². The summed E-state index contributed by atoms with van der Waals surface area (Å²) < 4.78 is 0. The lowest BCUT2D eigenvalue weighted by Crippen LogP contribution is -2.21. The molecule has 3 nitrogen and oxygen atoms in total. The topological polar surface area (TPSA) is 52.3 Å². The van der Waals surface area contributed by atoms with Gasteiger partial charge >= 0.3 is 5.97 Å². The first-order chi connectivity index (χ1) is 4.39. The molecule has 0 aromatic heterocycles. The van der Waals surface area contributed by atoms with E-state index in [-0.39, 0.29) is 5.41 Å². The summed E-state index contributed by atoms with van der Waals surface area (Å²) in [7, 11) is 0. The van der Waals surface area contributed by atoms with Crippen molar-refractivity contribution in [3.05, 3.63) is 12.2 Å². The van der Waals surface area contributed by atoms with E-state index in [1.54, 1.807) is 0 Å². The first-order valence-corrected chi connectivity index (χ1v) is 3.00. The summed E-state index contributed by atoms with van der Waals surface area (Å²) in [5, 5.41) is 0. The second kappa shape index (κ2) is 2.84. The van der Waals surface area contributed by atoms with Crippen LogP contribution in [0.3, 0.4) is 0 Å². The average molecular weight is 143 g/mol. The number of hydrogen-bond acceptors (Lipinski definition) is 3. The number of carbonyl (C=O) groups is 1. The van der Waals surface area contributed by atoms with E-state index >= 15 is 0 Å². The lowest BCUT2D eigenvalue weighted by atomic mass is 9.88. The minimum atomic E-state index is -0.549. The van der Waals surface area contributed by atoms with E-state index in [2.05, 4.69) is 17.3 Å². The van der Waals surface area contributed by atoms with Crippen molar-refractivity contribution in [3.63, 3.8) is 0 Å². The molecule has 0 atom stereocenters. The molecule has 0 aromatic carbocycles. The van der Waals surface area contributed by atoms with Gasteiger partial charge in [-0.2, -0.15) is 5.90 Å². The van der Waals surface area contributed by atoms with Crippen molar-refractivity contribution in [2.45, 2.75) is 20.8 Å². The summed E-state index contributed by atoms with van der Waals surface area (Å²) in [6.45, 7) is 9.14. The molecule has 3 heteroatoms. The highest BCUT2D eigenvalue weighted by Crippen LogP contribution is 2.23. The Morgan fingerprint density at radius 3 is 2.00 bits per heavy atom. The second-order valence-electron chi connectivity index (χ2n) is 3.13. The average Bonchev–Trinajstić information content (AvgIpc) is 1.83. The molecule has 0 amide bonds. The Labute approximate surface area is 60.8 Å². The zero-order valence-electron chi connectivity index (χ0n) is 6.60. The van der Waals surface area contributed by atoms with Crippen LogP contribution in [-0.2, 0) is 9.63 Å². The van der Waals surface area contributed by atoms with Gasteiger partial charge in [0, 0.05) is 5.57 Å². The molecule has 0 radical (unpaired) electrons. The summed E-state index contributed by atoms with van der Waals surface area (Å²) >= 11 is 0. The van der Waals surface area contributed by atoms with Crippen LogP contribution in [0.2, 0.25) is 0 Å². The van der Waals surface area contributed by atoms with Gasteiger partial charge in [-0.15, -0.1) is 0 Å². The number of rotatable bonds is 1. The van der Waals surface area contributed by atoms with Crippen molar-refractivity contribution >= 4 is 5.97 Å². The van der Waals surface area contributed by atoms with Crippen molar-refractivity contribution in [2.24, 2.45) is 11.3 Å². The Balaban J connectivity index is 4.24. The van der Waals surface area contributed by atoms with Crippen LogP contribution in [-0.4, -0.2) is 5.97 Å². The van der Waals surface area contributed by atoms with Crippen LogP contribution < -0.4 is 5.90 Å². The Morgan fingerprint density at radius 2 is 1.90 bits per heavy atom. The molecule has 58 valence electrons. The fourth-order valence-corrected chi connectivity index (χ4v) is 0.377. The first-order valence-electron chi connectivity index (χ1n) is 3.00. The van der Waals surface area contributed by atoms with Crippen molar-refractivity contribution in [3.8, 4) is 0 Å². The summed E-state index contributed by atoms with van der Waals surface area (Å²) in [4.78, 5) is 14.7. The van der Waals surface area contributed by atoms with Gasteiger partial charge in [-0.05, 0) is 5.41 Å². The molecule has 0 heterocycles. The quantitative estimate of drug-likeness (QED) is 0.440. The van der Waals surface area contributed by atoms with Crippen molar-refractivity contribution in [2.75, 3.05) is 0 Å². The van der Waals surface area contributed by atoms with Gasteiger partial charge in [-0.3, -0.25) is 0 Å². The maximum Gasteiger partial charge on any atom is 0.352 e. The molecule has 0 aliphatic rings. The standard InChI is InChI=1S/C7H13NO2/c1-5(6(9)10-8)7(2,3)4/h1,8H2,2-4H3. The van der Waals surface area contributed by atoms with Crippen LogP contribution >= 0.6 is 0 Å². The minimum absolute atomic E-state index is 0.267. The van der Waals surface area contributed by atoms with Crippen LogP contribution in [0.4, 0.5) is 0 Å². The molecule has 0 fully saturated rings. The molecular formula is C7H13NO2. The molecule has 0 unspecified atom stereocenters. The normalized spacial score (nSPS) is 10.8. The van der Waals surface area contributed by atoms with E-state index < -0.39 is 5.97 Å². The predicted molar refractivity (Wildman–Crippen MR) is 38.9 cm³/mol. The highest BCUT2D eigenvalue weighted by atomic mass is 16.7. The fourth-order valence-electron chi connectivity index (χ4n) is 0.377. The van der Waals surface area contributed by atoms with Crippen molar-refractivity contribution < 1.29 is 9.63 Å². The van der Waals surface area contributed by atoms with Gasteiger partial charge in [0.05, 0.1) is 0 Å². The van der Waals surface area contributed by atoms with Gasteiger partial charge in [0.15, 0.2) is 0 Å². The van der Waals surface area contributed by atoms with Gasteiger partial charge in [-0.25, -0.2) is 4.79 Å². The lowest BCUT2D eigenvalue weighted by molar-refractivity contribution is -0.140. The highest BCUT2D eigenvalue weighted by Gasteiger charge is 2.22. The molecule has 0 rings (SSSR count). The highest BCUT2D eigenvalue weighted by molar-refractivity contribution is 5.88. The van der Waals surface area contributed by atoms with Gasteiger partial charge in [0.25, 0.3) is 0 Å². The Hall–Kier alpha value is -0.830. The molecule has 0 aliphatic heterocycles. The predicted octanol–water partition coefficient (Wildman–Crippen LogP) is 1.01. The third-order valence-corrected chi connectivity index (χ3v) is 1.26. The molecule has 0 spiro atoms. The Bertz CT molecular complexity index is 155. The number of hydrogen-bond donors (Lipinski definition) is 1. The minimum Gasteiger partial charge on any atom is -0.370 e. The van der Waals surface area contributed by atoms with E-state index in [9.17, 15) is 4.79 Å². The largest absolute Gasteiger partial charge is 0.370 e. The van der Waals surface area contributed by atoms with E-state index in [0.717, 1.165) is 0 Å². The number of carbonyl (C=O) groups excluding carboxylic acids is 1. The maximum atomic E-state index is 10.7. The molecule has 10 heavy (non-hydrogen) atoms. The summed E-state index contributed by atoms with van der Waals surface area (Å²) in [5.41, 5.74) is 0.117. The Morgan fingerprint density at radius 1 is 1.50 bits per heavy atom. The molecule has 0 aliphatic carbocycles. The van der Waals surface area contributed by atoms with E-state index in [1.807, 2.05) is 20.8 Å². The molecule has 0 saturated heterocycles. The van der Waals surface area contributed by atoms with Crippen LogP contribution in [0.15, 0.2) is 12.2 Å². The maximum absolute atomic E-state index is 10.7. The van der Waals surface area contributed by atoms with Crippen LogP contribution in [0.25, 0.3) is 0 Å². The summed E-state index contributed by atoms with van der Waals surface area (Å²) in [6, 6.07) is 0. The van der Waals surface area contributed by atoms with Gasteiger partial charge < -0.3 is 4.84 Å². The second-order valence-corrected chi connectivity index (χ2v) is 3.13. The zero-order valence-corrected chi connectivity index (χ0v) is 6.60. The molecular weight excluding hydrogens is 130 g/mol. The molecule has 0 saturated carbocycles. The Kier molecular flexibility index (Phi) is 2.60. The summed E-state index contributed by atoms with van der Waals surface area (Å²) in [6.07, 6.45) is 0. The van der Waals surface area contributed by atoms with Crippen LogP contribution in [0.1, 0.15) is 20.8 Å². The van der Waals surface area contributed by atoms with Gasteiger partial charge in [0.2, 0.25) is 0 Å². The van der Waals surface area contributed by atoms with E-state index in [1.165, 1.54) is 0 Å². The van der Waals surface area contributed by atoms with Gasteiger partial charge in [-0.1, -0.05) is 27.4 Å². The molecule has 0 aromatic rings. The first kappa shape index (κ1) is 9.17. The van der Waals surface area contributed by atoms with Crippen molar-refractivity contribution in [1.29, 1.82) is 0 Å². The molecule has 2 N–H and O–H groups in total. The third-order valence-electron chi connectivity index (χ3n) is 1.26. The monoisotopic (exact) mass is 143 g/mol. The fraction of sp³-hybridized carbons (Fsp3) is 0.571. The third kappa shape index (κ3) is 2.19. The van der Waals surface area contributed by atoms with Crippen LogP contribution in [0, 0.1) is 5.41 Å². The SMILES string of the molecule is C=C(C(=O)ON)C(C)(C)C. The smallest absolute Gasteiger partial charge is 0.352 e. The molecule has 0 bridgehead atoms. The van der Waals surface area contributed by atoms with E-state index in [0.29, 0.717) is 5.57 Å². The lowest BCUT2D eigenvalue weighted by Gasteiger charge is -2.18. The summed E-state index contributed by atoms with van der Waals surface area (Å²) in [5.74, 6) is 4.11. The van der Waals surface area contributed by atoms with Gasteiger partial charge in [0.1, 0.15) is 0 Å². The zero-order chi connectivity index (χ0) is 8.36.